The van der Waals surface area contributed by atoms with Crippen LogP contribution in [0, 0.1) is 0 Å². The monoisotopic (exact) mass is 296 g/mol. The number of likely N-dealkylation sites (N-methyl/N-ethyl adjacent to an activating group) is 1. The number of carbonyl (C=O) groups excluding carboxylic acids is 1. The molecule has 0 radical (unpaired) electrons. The van der Waals surface area contributed by atoms with Crippen molar-refractivity contribution in [3.63, 3.8) is 0 Å². The Morgan fingerprint density at radius 3 is 2.62 bits per heavy atom. The fourth-order valence-electron chi connectivity index (χ4n) is 1.40. The van der Waals surface area contributed by atoms with Crippen LogP contribution in [0.2, 0.25) is 0 Å². The van der Waals surface area contributed by atoms with Crippen molar-refractivity contribution in [1.29, 1.82) is 0 Å². The third-order valence-corrected chi connectivity index (χ3v) is 3.05. The van der Waals surface area contributed by atoms with E-state index in [-0.39, 0.29) is 12.6 Å². The molecule has 0 fully saturated rings. The molecular weight excluding hydrogens is 276 g/mol. The quantitative estimate of drug-likeness (QED) is 0.736. The predicted octanol–water partition coefficient (Wildman–Crippen LogP) is 1.38. The molecule has 0 unspecified atom stereocenters. The summed E-state index contributed by atoms with van der Waals surface area (Å²) in [5.41, 5.74) is -0.218. The highest BCUT2D eigenvalue weighted by Crippen LogP contribution is 2.19. The first kappa shape index (κ1) is 16.8. The molecule has 1 aromatic rings. The molecule has 0 spiro atoms. The topological polar surface area (TPSA) is 99.1 Å². The zero-order chi connectivity index (χ0) is 16.0. The minimum atomic E-state index is -1.08. The molecule has 21 heavy (non-hydrogen) atoms. The smallest absolute Gasteiger partial charge is 0.341 e. The summed E-state index contributed by atoms with van der Waals surface area (Å²) in [4.78, 5) is 23.9. The maximum absolute atomic E-state index is 12.1. The minimum Gasteiger partial charge on any atom is -0.482 e. The van der Waals surface area contributed by atoms with E-state index in [1.165, 1.54) is 11.0 Å². The number of rotatable bonds is 6. The summed E-state index contributed by atoms with van der Waals surface area (Å²) in [6.45, 7) is 2.85. The normalized spacial score (nSPS) is 10.9. The summed E-state index contributed by atoms with van der Waals surface area (Å²) < 4.78 is 5.03. The van der Waals surface area contributed by atoms with Crippen LogP contribution in [0.4, 0.5) is 10.5 Å². The van der Waals surface area contributed by atoms with E-state index in [0.717, 1.165) is 0 Å². The molecule has 2 amide bonds. The Labute approximate surface area is 123 Å². The molecule has 0 saturated heterocycles. The van der Waals surface area contributed by atoms with Crippen LogP contribution in [-0.4, -0.2) is 52.9 Å². The average molecular weight is 296 g/mol. The highest BCUT2D eigenvalue weighted by molar-refractivity contribution is 5.89. The third kappa shape index (κ3) is 4.96. The zero-order valence-electron chi connectivity index (χ0n) is 12.3. The Bertz CT molecular complexity index is 516. The molecule has 0 heterocycles. The number of carbonyl (C=O) groups is 2. The summed E-state index contributed by atoms with van der Waals surface area (Å²) in [7, 11) is 1.58. The van der Waals surface area contributed by atoms with E-state index in [4.69, 9.17) is 9.84 Å². The number of urea groups is 1. The number of benzene rings is 1. The van der Waals surface area contributed by atoms with Gasteiger partial charge in [0, 0.05) is 18.8 Å². The average Bonchev–Trinajstić information content (AvgIpc) is 2.44. The minimum absolute atomic E-state index is 0.168. The van der Waals surface area contributed by atoms with Crippen LogP contribution in [-0.2, 0) is 4.79 Å². The van der Waals surface area contributed by atoms with Gasteiger partial charge in [0.2, 0.25) is 0 Å². The summed E-state index contributed by atoms with van der Waals surface area (Å²) in [6, 6.07) is 6.04. The number of anilines is 1. The predicted molar refractivity (Wildman–Crippen MR) is 77.5 cm³/mol. The largest absolute Gasteiger partial charge is 0.482 e. The van der Waals surface area contributed by atoms with Gasteiger partial charge in [-0.15, -0.1) is 0 Å². The number of nitrogens with one attached hydrogen (secondary N) is 1. The Morgan fingerprint density at radius 2 is 2.05 bits per heavy atom. The van der Waals surface area contributed by atoms with E-state index in [9.17, 15) is 14.7 Å². The molecule has 0 aliphatic heterocycles. The third-order valence-electron chi connectivity index (χ3n) is 3.05. The van der Waals surface area contributed by atoms with E-state index in [1.807, 2.05) is 0 Å². The summed E-state index contributed by atoms with van der Waals surface area (Å²) in [6.07, 6.45) is 0. The van der Waals surface area contributed by atoms with Gasteiger partial charge in [-0.2, -0.15) is 0 Å². The molecule has 3 N–H and O–H groups in total. The van der Waals surface area contributed by atoms with Crippen LogP contribution in [0.15, 0.2) is 24.3 Å². The van der Waals surface area contributed by atoms with Crippen molar-refractivity contribution in [2.45, 2.75) is 19.4 Å². The lowest BCUT2D eigenvalue weighted by molar-refractivity contribution is -0.139. The van der Waals surface area contributed by atoms with Crippen LogP contribution in [0.25, 0.3) is 0 Å². The van der Waals surface area contributed by atoms with Crippen molar-refractivity contribution in [3.8, 4) is 5.75 Å². The number of amides is 2. The fourth-order valence-corrected chi connectivity index (χ4v) is 1.40. The van der Waals surface area contributed by atoms with Gasteiger partial charge in [0.15, 0.2) is 6.61 Å². The van der Waals surface area contributed by atoms with Crippen LogP contribution in [0.1, 0.15) is 13.8 Å². The van der Waals surface area contributed by atoms with Gasteiger partial charge >= 0.3 is 12.0 Å². The molecular formula is C14H20N2O5. The van der Waals surface area contributed by atoms with Gasteiger partial charge in [-0.3, -0.25) is 0 Å². The lowest BCUT2D eigenvalue weighted by atomic mass is 10.1. The van der Waals surface area contributed by atoms with Gasteiger partial charge in [-0.1, -0.05) is 6.07 Å². The van der Waals surface area contributed by atoms with Gasteiger partial charge in [-0.05, 0) is 26.0 Å². The van der Waals surface area contributed by atoms with Gasteiger partial charge in [-0.25, -0.2) is 9.59 Å². The number of nitrogens with zero attached hydrogens (tertiary/aromatic N) is 1. The maximum atomic E-state index is 12.1. The number of aliphatic carboxylic acids is 1. The standard InChI is InChI=1S/C14H20N2O5/c1-14(2,9-17)16(3)13(20)15-10-5-4-6-11(7-10)21-8-12(18)19/h4-7,17H,8-9H2,1-3H3,(H,15,20)(H,18,19). The van der Waals surface area contributed by atoms with Crippen molar-refractivity contribution in [1.82, 2.24) is 4.90 Å². The molecule has 1 aromatic carbocycles. The van der Waals surface area contributed by atoms with E-state index in [2.05, 4.69) is 5.32 Å². The SMILES string of the molecule is CN(C(=O)Nc1cccc(OCC(=O)O)c1)C(C)(C)CO. The van der Waals surface area contributed by atoms with E-state index in [0.29, 0.717) is 11.4 Å². The molecule has 0 aromatic heterocycles. The molecule has 0 atom stereocenters. The Balaban J connectivity index is 2.72. The molecule has 0 bridgehead atoms. The summed E-state index contributed by atoms with van der Waals surface area (Å²) in [5.74, 6) is -0.729. The second-order valence-electron chi connectivity index (χ2n) is 5.17. The van der Waals surface area contributed by atoms with E-state index >= 15 is 0 Å². The van der Waals surface area contributed by atoms with Gasteiger partial charge in [0.05, 0.1) is 12.1 Å². The number of carboxylic acid groups (broad SMARTS) is 1. The van der Waals surface area contributed by atoms with Crippen molar-refractivity contribution >= 4 is 17.7 Å². The number of ether oxygens (including phenoxy) is 1. The molecule has 0 saturated carbocycles. The number of hydrogen-bond donors (Lipinski definition) is 3. The van der Waals surface area contributed by atoms with E-state index in [1.54, 1.807) is 39.1 Å². The Kier molecular flexibility index (Phi) is 5.54. The van der Waals surface area contributed by atoms with Crippen LogP contribution in [0.5, 0.6) is 5.75 Å². The fraction of sp³-hybridized carbons (Fsp3) is 0.429. The lowest BCUT2D eigenvalue weighted by Gasteiger charge is -2.33. The van der Waals surface area contributed by atoms with Crippen molar-refractivity contribution in [2.75, 3.05) is 25.6 Å². The van der Waals surface area contributed by atoms with E-state index < -0.39 is 18.1 Å². The molecule has 7 heteroatoms. The Morgan fingerprint density at radius 1 is 1.38 bits per heavy atom. The first-order chi connectivity index (χ1) is 9.76. The van der Waals surface area contributed by atoms with Gasteiger partial charge < -0.3 is 25.2 Å². The molecule has 0 aliphatic rings. The molecule has 7 nitrogen and oxygen atoms in total. The number of aliphatic hydroxyl groups excluding tert-OH is 1. The first-order valence-electron chi connectivity index (χ1n) is 6.36. The van der Waals surface area contributed by atoms with Crippen LogP contribution in [0.3, 0.4) is 0 Å². The van der Waals surface area contributed by atoms with Gasteiger partial charge in [0.1, 0.15) is 5.75 Å². The van der Waals surface area contributed by atoms with Crippen molar-refractivity contribution in [2.24, 2.45) is 0 Å². The van der Waals surface area contributed by atoms with Crippen LogP contribution >= 0.6 is 0 Å². The Hall–Kier alpha value is -2.28. The molecule has 0 aliphatic carbocycles. The van der Waals surface area contributed by atoms with Crippen LogP contribution < -0.4 is 10.1 Å². The highest BCUT2D eigenvalue weighted by atomic mass is 16.5. The summed E-state index contributed by atoms with van der Waals surface area (Å²) >= 11 is 0. The lowest BCUT2D eigenvalue weighted by Crippen LogP contribution is -2.49. The van der Waals surface area contributed by atoms with Gasteiger partial charge in [0.25, 0.3) is 0 Å². The van der Waals surface area contributed by atoms with Crippen molar-refractivity contribution in [3.05, 3.63) is 24.3 Å². The zero-order valence-corrected chi connectivity index (χ0v) is 12.3. The second kappa shape index (κ2) is 6.94. The first-order valence-corrected chi connectivity index (χ1v) is 6.36. The molecule has 116 valence electrons. The summed E-state index contributed by atoms with van der Waals surface area (Å²) in [5, 5.41) is 20.5. The number of aliphatic hydroxyl groups is 1. The number of carboxylic acids is 1. The highest BCUT2D eigenvalue weighted by Gasteiger charge is 2.26. The van der Waals surface area contributed by atoms with Crippen molar-refractivity contribution < 1.29 is 24.5 Å². The molecule has 1 rings (SSSR count). The maximum Gasteiger partial charge on any atom is 0.341 e. The number of hydrogen-bond acceptors (Lipinski definition) is 4. The second-order valence-corrected chi connectivity index (χ2v) is 5.17.